The minimum Gasteiger partial charge on any atom is -0.508 e. The van der Waals surface area contributed by atoms with Crippen LogP contribution in [0.25, 0.3) is 0 Å². The number of anilines is 2. The van der Waals surface area contributed by atoms with Crippen LogP contribution >= 0.6 is 11.6 Å². The Morgan fingerprint density at radius 1 is 1.31 bits per heavy atom. The zero-order valence-electron chi connectivity index (χ0n) is 17.8. The Labute approximate surface area is 190 Å². The number of benzene rings is 1. The molecule has 5 N–H and O–H groups in total. The lowest BCUT2D eigenvalue weighted by molar-refractivity contribution is -0.118. The number of carbonyl (C=O) groups excluding carboxylic acids is 2. The van der Waals surface area contributed by atoms with Crippen LogP contribution in [0.5, 0.6) is 11.6 Å². The summed E-state index contributed by atoms with van der Waals surface area (Å²) < 4.78 is 10.7. The average Bonchev–Trinajstić information content (AvgIpc) is 2.77. The molecule has 32 heavy (non-hydrogen) atoms. The van der Waals surface area contributed by atoms with Gasteiger partial charge in [-0.2, -0.15) is 4.98 Å². The Balaban J connectivity index is 1.58. The molecule has 0 aliphatic carbocycles. The topological polar surface area (TPSA) is 139 Å². The van der Waals surface area contributed by atoms with E-state index < -0.39 is 5.91 Å². The maximum absolute atomic E-state index is 12.8. The summed E-state index contributed by atoms with van der Waals surface area (Å²) in [6, 6.07) is 7.40. The number of hydrogen-bond acceptors (Lipinski definition) is 8. The van der Waals surface area contributed by atoms with Crippen molar-refractivity contribution in [3.63, 3.8) is 0 Å². The largest absolute Gasteiger partial charge is 0.508 e. The van der Waals surface area contributed by atoms with Gasteiger partial charge in [-0.25, -0.2) is 0 Å². The lowest BCUT2D eigenvalue weighted by Crippen LogP contribution is -2.55. The molecule has 1 aliphatic rings. The van der Waals surface area contributed by atoms with Crippen LogP contribution in [0.15, 0.2) is 30.3 Å². The van der Waals surface area contributed by atoms with Crippen LogP contribution < -0.4 is 21.1 Å². The molecule has 2 aromatic rings. The molecule has 2 atom stereocenters. The summed E-state index contributed by atoms with van der Waals surface area (Å²) in [4.78, 5) is 31.1. The maximum Gasteiger partial charge on any atom is 0.257 e. The van der Waals surface area contributed by atoms with Crippen molar-refractivity contribution in [1.82, 2.24) is 15.2 Å². The van der Waals surface area contributed by atoms with E-state index in [4.69, 9.17) is 26.8 Å². The minimum absolute atomic E-state index is 0.0775. The number of carbonyl (C=O) groups is 2. The lowest BCUT2D eigenvalue weighted by Gasteiger charge is -2.37. The van der Waals surface area contributed by atoms with Gasteiger partial charge in [-0.3, -0.25) is 14.5 Å². The van der Waals surface area contributed by atoms with Gasteiger partial charge in [0.25, 0.3) is 5.91 Å². The number of halogens is 1. The molecule has 0 spiro atoms. The van der Waals surface area contributed by atoms with E-state index in [-0.39, 0.29) is 52.6 Å². The van der Waals surface area contributed by atoms with Gasteiger partial charge in [0.05, 0.1) is 30.8 Å². The molecule has 1 aromatic heterocycles. The Morgan fingerprint density at radius 3 is 2.69 bits per heavy atom. The van der Waals surface area contributed by atoms with E-state index in [0.29, 0.717) is 25.2 Å². The van der Waals surface area contributed by atoms with E-state index in [9.17, 15) is 14.7 Å². The fraction of sp³-hybridized carbons (Fsp3) is 0.381. The monoisotopic (exact) mass is 463 g/mol. The summed E-state index contributed by atoms with van der Waals surface area (Å²) in [5.74, 6) is -0.290. The molecule has 0 saturated carbocycles. The highest BCUT2D eigenvalue weighted by Gasteiger charge is 2.32. The number of piperidine rings is 1. The van der Waals surface area contributed by atoms with Crippen LogP contribution in [-0.4, -0.2) is 72.8 Å². The fourth-order valence-electron chi connectivity index (χ4n) is 3.53. The Kier molecular flexibility index (Phi) is 7.73. The molecule has 10 nitrogen and oxygen atoms in total. The van der Waals surface area contributed by atoms with Gasteiger partial charge in [-0.1, -0.05) is 11.6 Å². The number of hydrogen-bond donors (Lipinski definition) is 4. The van der Waals surface area contributed by atoms with Crippen LogP contribution in [0.2, 0.25) is 5.02 Å². The van der Waals surface area contributed by atoms with Crippen molar-refractivity contribution in [2.45, 2.75) is 18.6 Å². The summed E-state index contributed by atoms with van der Waals surface area (Å²) in [6.07, 6.45) is 0.257. The van der Waals surface area contributed by atoms with Crippen molar-refractivity contribution in [3.8, 4) is 11.6 Å². The van der Waals surface area contributed by atoms with E-state index in [2.05, 4.69) is 15.6 Å². The number of methoxy groups -OCH3 is 2. The van der Waals surface area contributed by atoms with Gasteiger partial charge in [-0.05, 0) is 36.8 Å². The number of phenols is 1. The number of amides is 2. The second-order valence-electron chi connectivity index (χ2n) is 7.39. The number of nitrogens with one attached hydrogen (secondary N) is 2. The van der Waals surface area contributed by atoms with Crippen molar-refractivity contribution in [2.24, 2.45) is 0 Å². The molecule has 1 saturated heterocycles. The number of pyridine rings is 1. The molecule has 172 valence electrons. The number of likely N-dealkylation sites (tertiary alicyclic amines) is 1. The number of ether oxygens (including phenoxy) is 2. The van der Waals surface area contributed by atoms with Crippen LogP contribution in [0.3, 0.4) is 0 Å². The van der Waals surface area contributed by atoms with Crippen LogP contribution in [0, 0.1) is 0 Å². The predicted molar refractivity (Wildman–Crippen MR) is 120 cm³/mol. The number of phenolic OH excluding ortho intramolecular Hbond substituents is 1. The van der Waals surface area contributed by atoms with Gasteiger partial charge in [0, 0.05) is 25.9 Å². The number of nitrogens with two attached hydrogens (primary N) is 1. The third-order valence-corrected chi connectivity index (χ3v) is 5.49. The van der Waals surface area contributed by atoms with Gasteiger partial charge in [0.15, 0.2) is 0 Å². The van der Waals surface area contributed by atoms with Crippen molar-refractivity contribution in [1.29, 1.82) is 0 Å². The van der Waals surface area contributed by atoms with Crippen molar-refractivity contribution in [2.75, 3.05) is 44.9 Å². The number of nitrogen functional groups attached to an aromatic ring is 1. The molecule has 2 amide bonds. The van der Waals surface area contributed by atoms with Gasteiger partial charge >= 0.3 is 0 Å². The van der Waals surface area contributed by atoms with Crippen LogP contribution in [0.1, 0.15) is 16.8 Å². The first kappa shape index (κ1) is 23.6. The normalized spacial score (nSPS) is 18.7. The first-order valence-corrected chi connectivity index (χ1v) is 10.3. The highest BCUT2D eigenvalue weighted by atomic mass is 35.5. The summed E-state index contributed by atoms with van der Waals surface area (Å²) in [7, 11) is 2.96. The number of nitrogens with zero attached hydrogens (tertiary/aromatic N) is 2. The molecule has 1 fully saturated rings. The number of aromatic hydroxyl groups is 1. The number of aromatic nitrogens is 1. The average molecular weight is 464 g/mol. The van der Waals surface area contributed by atoms with Crippen LogP contribution in [-0.2, 0) is 9.53 Å². The Hall–Kier alpha value is -3.08. The van der Waals surface area contributed by atoms with Crippen molar-refractivity contribution >= 4 is 34.9 Å². The highest BCUT2D eigenvalue weighted by molar-refractivity contribution is 6.33. The van der Waals surface area contributed by atoms with Gasteiger partial charge in [0.2, 0.25) is 11.8 Å². The Bertz CT molecular complexity index is 972. The van der Waals surface area contributed by atoms with Gasteiger partial charge < -0.3 is 30.9 Å². The third-order valence-electron chi connectivity index (χ3n) is 5.19. The first-order chi connectivity index (χ1) is 15.3. The third kappa shape index (κ3) is 5.78. The second kappa shape index (κ2) is 10.5. The van der Waals surface area contributed by atoms with Crippen molar-refractivity contribution < 1.29 is 24.2 Å². The van der Waals surface area contributed by atoms with Crippen molar-refractivity contribution in [3.05, 3.63) is 40.9 Å². The molecule has 1 aromatic carbocycles. The van der Waals surface area contributed by atoms with Gasteiger partial charge in [0.1, 0.15) is 17.1 Å². The lowest BCUT2D eigenvalue weighted by atomic mass is 10.0. The quantitative estimate of drug-likeness (QED) is 0.453. The van der Waals surface area contributed by atoms with Crippen LogP contribution in [0.4, 0.5) is 11.5 Å². The zero-order chi connectivity index (χ0) is 23.3. The molecule has 3 rings (SSSR count). The standard InChI is InChI=1S/C21H26ClN5O5/c1-31-17-10-27(11-18(29)24-12-3-5-13(28)6-4-12)8-7-16(17)25-20(30)14-9-15(22)19(23)26-21(14)32-2/h3-6,9,16-17,28H,7-8,10-11H2,1-2H3,(H2,23,26)(H,24,29)(H,25,30)/t16-,17+/m1/s1. The zero-order valence-corrected chi connectivity index (χ0v) is 18.6. The SMILES string of the molecule is COc1nc(N)c(Cl)cc1C(=O)N[C@@H]1CCN(CC(=O)Nc2ccc(O)cc2)C[C@@H]1OC. The summed E-state index contributed by atoms with van der Waals surface area (Å²) >= 11 is 6.01. The molecule has 2 heterocycles. The fourth-order valence-corrected chi connectivity index (χ4v) is 3.68. The predicted octanol–water partition coefficient (Wildman–Crippen LogP) is 1.49. The Morgan fingerprint density at radius 2 is 2.03 bits per heavy atom. The molecule has 11 heteroatoms. The maximum atomic E-state index is 12.8. The molecular formula is C21H26ClN5O5. The smallest absolute Gasteiger partial charge is 0.257 e. The summed E-state index contributed by atoms with van der Waals surface area (Å²) in [5, 5.41) is 15.2. The first-order valence-electron chi connectivity index (χ1n) is 9.95. The van der Waals surface area contributed by atoms with E-state index in [1.807, 2.05) is 4.90 Å². The van der Waals surface area contributed by atoms with E-state index in [0.717, 1.165) is 0 Å². The molecule has 0 bridgehead atoms. The highest BCUT2D eigenvalue weighted by Crippen LogP contribution is 2.25. The van der Waals surface area contributed by atoms with E-state index in [1.165, 1.54) is 25.3 Å². The summed E-state index contributed by atoms with van der Waals surface area (Å²) in [6.45, 7) is 1.22. The second-order valence-corrected chi connectivity index (χ2v) is 7.79. The molecule has 1 aliphatic heterocycles. The molecule has 0 radical (unpaired) electrons. The number of rotatable bonds is 7. The van der Waals surface area contributed by atoms with E-state index in [1.54, 1.807) is 19.2 Å². The van der Waals surface area contributed by atoms with Gasteiger partial charge in [-0.15, -0.1) is 0 Å². The molecule has 0 unspecified atom stereocenters. The minimum atomic E-state index is -0.401. The van der Waals surface area contributed by atoms with E-state index >= 15 is 0 Å². The molecular weight excluding hydrogens is 438 g/mol. The summed E-state index contributed by atoms with van der Waals surface area (Å²) in [5.41, 5.74) is 6.46.